The third-order valence-electron chi connectivity index (χ3n) is 2.06. The van der Waals surface area contributed by atoms with Gasteiger partial charge in [0.05, 0.1) is 0 Å². The van der Waals surface area contributed by atoms with Gasteiger partial charge in [0.2, 0.25) is 0 Å². The molecule has 0 aliphatic carbocycles. The van der Waals surface area contributed by atoms with Gasteiger partial charge in [-0.3, -0.25) is 0 Å². The fraction of sp³-hybridized carbons (Fsp3) is 0.818. The van der Waals surface area contributed by atoms with Crippen molar-refractivity contribution in [1.82, 2.24) is 10.2 Å². The van der Waals surface area contributed by atoms with Crippen LogP contribution in [0.25, 0.3) is 0 Å². The lowest BCUT2D eigenvalue weighted by Gasteiger charge is -2.27. The van der Waals surface area contributed by atoms with Crippen molar-refractivity contribution in [3.05, 3.63) is 0 Å². The van der Waals surface area contributed by atoms with Crippen LogP contribution in [-0.2, 0) is 4.79 Å². The molecule has 0 aromatic carbocycles. The van der Waals surface area contributed by atoms with E-state index in [4.69, 9.17) is 5.11 Å². The number of carboxylic acid groups (broad SMARTS) is 1. The molecular weight excluding hydrogens is 208 g/mol. The summed E-state index contributed by atoms with van der Waals surface area (Å²) in [5.41, 5.74) is -0.00295. The summed E-state index contributed by atoms with van der Waals surface area (Å²) in [6.07, 6.45) is 0.379. The van der Waals surface area contributed by atoms with Gasteiger partial charge in [-0.15, -0.1) is 0 Å². The molecular formula is C11H22N2O3. The van der Waals surface area contributed by atoms with Crippen LogP contribution in [0.15, 0.2) is 0 Å². The third-order valence-corrected chi connectivity index (χ3v) is 2.06. The van der Waals surface area contributed by atoms with Crippen LogP contribution in [0.2, 0.25) is 0 Å². The zero-order chi connectivity index (χ0) is 12.9. The fourth-order valence-corrected chi connectivity index (χ4v) is 1.38. The second-order valence-corrected chi connectivity index (χ2v) is 5.17. The number of nitrogens with one attached hydrogen (secondary N) is 1. The molecule has 0 bridgehead atoms. The highest BCUT2D eigenvalue weighted by Crippen LogP contribution is 2.14. The lowest BCUT2D eigenvalue weighted by Crippen LogP contribution is -2.48. The van der Waals surface area contributed by atoms with Crippen LogP contribution >= 0.6 is 0 Å². The first-order chi connectivity index (χ1) is 7.17. The Hall–Kier alpha value is -1.26. The molecule has 0 heterocycles. The Bertz CT molecular complexity index is 258. The minimum Gasteiger partial charge on any atom is -0.480 e. The monoisotopic (exact) mass is 230 g/mol. The second kappa shape index (κ2) is 5.72. The molecule has 16 heavy (non-hydrogen) atoms. The van der Waals surface area contributed by atoms with Gasteiger partial charge < -0.3 is 15.3 Å². The molecule has 1 atom stereocenters. The van der Waals surface area contributed by atoms with E-state index in [9.17, 15) is 9.59 Å². The van der Waals surface area contributed by atoms with Gasteiger partial charge in [0, 0.05) is 13.6 Å². The van der Waals surface area contributed by atoms with E-state index >= 15 is 0 Å². The third kappa shape index (κ3) is 5.58. The summed E-state index contributed by atoms with van der Waals surface area (Å²) in [7, 11) is 1.66. The Labute approximate surface area is 96.8 Å². The van der Waals surface area contributed by atoms with Crippen molar-refractivity contribution < 1.29 is 14.7 Å². The average molecular weight is 230 g/mol. The van der Waals surface area contributed by atoms with Crippen molar-refractivity contribution in [3.63, 3.8) is 0 Å². The zero-order valence-electron chi connectivity index (χ0n) is 10.7. The predicted octanol–water partition coefficient (Wildman–Crippen LogP) is 1.54. The summed E-state index contributed by atoms with van der Waals surface area (Å²) in [4.78, 5) is 23.9. The highest BCUT2D eigenvalue weighted by Gasteiger charge is 2.22. The van der Waals surface area contributed by atoms with E-state index in [1.807, 2.05) is 20.8 Å². The first-order valence-corrected chi connectivity index (χ1v) is 5.42. The molecule has 0 spiro atoms. The smallest absolute Gasteiger partial charge is 0.326 e. The Balaban J connectivity index is 4.29. The van der Waals surface area contributed by atoms with Gasteiger partial charge >= 0.3 is 12.0 Å². The van der Waals surface area contributed by atoms with Crippen molar-refractivity contribution in [2.45, 2.75) is 40.2 Å². The maximum Gasteiger partial charge on any atom is 0.326 e. The van der Waals surface area contributed by atoms with E-state index in [1.54, 1.807) is 14.0 Å². The van der Waals surface area contributed by atoms with E-state index in [-0.39, 0.29) is 11.4 Å². The fourth-order valence-electron chi connectivity index (χ4n) is 1.38. The minimum absolute atomic E-state index is 0.00295. The number of hydrogen-bond acceptors (Lipinski definition) is 2. The summed E-state index contributed by atoms with van der Waals surface area (Å²) in [6, 6.07) is -1.15. The van der Waals surface area contributed by atoms with E-state index in [0.29, 0.717) is 13.0 Å². The van der Waals surface area contributed by atoms with E-state index in [2.05, 4.69) is 5.32 Å². The lowest BCUT2D eigenvalue weighted by molar-refractivity contribution is -0.139. The zero-order valence-corrected chi connectivity index (χ0v) is 10.7. The number of urea groups is 1. The van der Waals surface area contributed by atoms with Gasteiger partial charge in [-0.1, -0.05) is 27.7 Å². The molecule has 1 unspecified atom stereocenters. The summed E-state index contributed by atoms with van der Waals surface area (Å²) in [5, 5.41) is 11.3. The normalized spacial score (nSPS) is 13.1. The van der Waals surface area contributed by atoms with Crippen LogP contribution in [0, 0.1) is 5.41 Å². The quantitative estimate of drug-likeness (QED) is 0.769. The number of carbonyl (C=O) groups excluding carboxylic acids is 1. The highest BCUT2D eigenvalue weighted by molar-refractivity contribution is 5.82. The maximum absolute atomic E-state index is 11.6. The van der Waals surface area contributed by atoms with Gasteiger partial charge in [-0.2, -0.15) is 0 Å². The van der Waals surface area contributed by atoms with Crippen LogP contribution in [0.3, 0.4) is 0 Å². The Kier molecular flexibility index (Phi) is 5.27. The molecule has 94 valence electrons. The number of rotatable bonds is 4. The standard InChI is InChI=1S/C11H22N2O3/c1-6-8(9(14)15)12-10(16)13(5)7-11(2,3)4/h8H,6-7H2,1-5H3,(H,12,16)(H,14,15). The molecule has 0 saturated heterocycles. The SMILES string of the molecule is CCC(NC(=O)N(C)CC(C)(C)C)C(=O)O. The van der Waals surface area contributed by atoms with Gasteiger partial charge in [-0.05, 0) is 11.8 Å². The maximum atomic E-state index is 11.6. The van der Waals surface area contributed by atoms with Gasteiger partial charge in [0.1, 0.15) is 6.04 Å². The summed E-state index contributed by atoms with van der Waals surface area (Å²) in [6.45, 7) is 8.36. The molecule has 5 heteroatoms. The van der Waals surface area contributed by atoms with Crippen molar-refractivity contribution >= 4 is 12.0 Å². The summed E-state index contributed by atoms with van der Waals surface area (Å²) in [5.74, 6) is -1.000. The highest BCUT2D eigenvalue weighted by atomic mass is 16.4. The summed E-state index contributed by atoms with van der Waals surface area (Å²) < 4.78 is 0. The van der Waals surface area contributed by atoms with Crippen molar-refractivity contribution in [3.8, 4) is 0 Å². The van der Waals surface area contributed by atoms with Crippen LogP contribution in [0.1, 0.15) is 34.1 Å². The van der Waals surface area contributed by atoms with Crippen LogP contribution in [0.5, 0.6) is 0 Å². The number of amides is 2. The van der Waals surface area contributed by atoms with Crippen molar-refractivity contribution in [2.75, 3.05) is 13.6 Å². The van der Waals surface area contributed by atoms with Gasteiger partial charge in [0.15, 0.2) is 0 Å². The van der Waals surface area contributed by atoms with Gasteiger partial charge in [-0.25, -0.2) is 9.59 Å². The molecule has 0 aliphatic rings. The topological polar surface area (TPSA) is 69.6 Å². The number of aliphatic carboxylic acids is 1. The number of carboxylic acids is 1. The van der Waals surface area contributed by atoms with Crippen molar-refractivity contribution in [1.29, 1.82) is 0 Å². The molecule has 2 N–H and O–H groups in total. The number of hydrogen-bond donors (Lipinski definition) is 2. The average Bonchev–Trinajstić information content (AvgIpc) is 2.10. The van der Waals surface area contributed by atoms with Crippen LogP contribution in [0.4, 0.5) is 4.79 Å². The Morgan fingerprint density at radius 2 is 1.88 bits per heavy atom. The first kappa shape index (κ1) is 14.7. The molecule has 5 nitrogen and oxygen atoms in total. The molecule has 0 aromatic rings. The number of carbonyl (C=O) groups is 2. The largest absolute Gasteiger partial charge is 0.480 e. The minimum atomic E-state index is -1.000. The molecule has 2 amide bonds. The number of nitrogens with zero attached hydrogens (tertiary/aromatic N) is 1. The molecule has 0 rings (SSSR count). The summed E-state index contributed by atoms with van der Waals surface area (Å²) >= 11 is 0. The van der Waals surface area contributed by atoms with Crippen molar-refractivity contribution in [2.24, 2.45) is 5.41 Å². The van der Waals surface area contributed by atoms with Crippen LogP contribution < -0.4 is 5.32 Å². The van der Waals surface area contributed by atoms with Gasteiger partial charge in [0.25, 0.3) is 0 Å². The van der Waals surface area contributed by atoms with E-state index < -0.39 is 12.0 Å². The first-order valence-electron chi connectivity index (χ1n) is 5.42. The second-order valence-electron chi connectivity index (χ2n) is 5.17. The molecule has 0 fully saturated rings. The molecule has 0 aliphatic heterocycles. The Morgan fingerprint density at radius 1 is 1.38 bits per heavy atom. The molecule has 0 aromatic heterocycles. The molecule has 0 radical (unpaired) electrons. The van der Waals surface area contributed by atoms with Crippen LogP contribution in [-0.4, -0.2) is 41.6 Å². The lowest BCUT2D eigenvalue weighted by atomic mass is 9.96. The predicted molar refractivity (Wildman–Crippen MR) is 62.3 cm³/mol. The molecule has 0 saturated carbocycles. The van der Waals surface area contributed by atoms with E-state index in [1.165, 1.54) is 4.90 Å². The Morgan fingerprint density at radius 3 is 2.19 bits per heavy atom. The van der Waals surface area contributed by atoms with E-state index in [0.717, 1.165) is 0 Å².